The summed E-state index contributed by atoms with van der Waals surface area (Å²) in [6, 6.07) is 18.2. The third-order valence-corrected chi connectivity index (χ3v) is 7.37. The molecule has 3 aromatic rings. The van der Waals surface area contributed by atoms with E-state index in [2.05, 4.69) is 21.3 Å². The molecule has 0 aliphatic rings. The van der Waals surface area contributed by atoms with E-state index in [0.29, 0.717) is 11.4 Å². The molecule has 8 nitrogen and oxygen atoms in total. The van der Waals surface area contributed by atoms with Crippen molar-refractivity contribution < 1.29 is 21.6 Å². The van der Waals surface area contributed by atoms with Gasteiger partial charge in [-0.2, -0.15) is 0 Å². The maximum absolute atomic E-state index is 12.6. The number of amides is 1. The number of nitrogens with one attached hydrogen (secondary N) is 3. The van der Waals surface area contributed by atoms with Crippen molar-refractivity contribution in [3.63, 3.8) is 0 Å². The van der Waals surface area contributed by atoms with Gasteiger partial charge in [0.05, 0.1) is 9.79 Å². The number of carbonyl (C=O) groups is 1. The smallest absolute Gasteiger partial charge is 0.261 e. The Kier molecular flexibility index (Phi) is 7.32. The van der Waals surface area contributed by atoms with Gasteiger partial charge in [0.2, 0.25) is 10.0 Å². The number of carbonyl (C=O) groups excluding carboxylic acids is 1. The fraction of sp³-hybridized carbons (Fsp3) is 0.0870. The summed E-state index contributed by atoms with van der Waals surface area (Å²) in [5, 5.41) is 2.66. The van der Waals surface area contributed by atoms with Gasteiger partial charge in [-0.1, -0.05) is 29.8 Å². The lowest BCUT2D eigenvalue weighted by molar-refractivity contribution is 0.102. The van der Waals surface area contributed by atoms with Crippen molar-refractivity contribution in [2.45, 2.75) is 16.7 Å². The zero-order valence-electron chi connectivity index (χ0n) is 17.8. The maximum atomic E-state index is 12.6. The first-order valence-corrected chi connectivity index (χ1v) is 12.8. The van der Waals surface area contributed by atoms with Crippen molar-refractivity contribution in [3.05, 3.63) is 96.6 Å². The lowest BCUT2D eigenvalue weighted by Crippen LogP contribution is -2.24. The lowest BCUT2D eigenvalue weighted by atomic mass is 10.2. The minimum atomic E-state index is -3.77. The number of anilines is 2. The van der Waals surface area contributed by atoms with Crippen molar-refractivity contribution in [1.82, 2.24) is 4.72 Å². The van der Waals surface area contributed by atoms with Gasteiger partial charge in [0.15, 0.2) is 0 Å². The van der Waals surface area contributed by atoms with Gasteiger partial charge in [-0.3, -0.25) is 9.52 Å². The predicted molar refractivity (Wildman–Crippen MR) is 128 cm³/mol. The van der Waals surface area contributed by atoms with E-state index in [9.17, 15) is 21.6 Å². The van der Waals surface area contributed by atoms with Crippen molar-refractivity contribution in [2.24, 2.45) is 0 Å². The van der Waals surface area contributed by atoms with Gasteiger partial charge in [0.25, 0.3) is 15.9 Å². The summed E-state index contributed by atoms with van der Waals surface area (Å²) in [6.07, 6.45) is 1.42. The molecule has 0 saturated carbocycles. The third kappa shape index (κ3) is 6.28. The summed E-state index contributed by atoms with van der Waals surface area (Å²) < 4.78 is 54.3. The number of sulfonamides is 2. The Morgan fingerprint density at radius 1 is 0.848 bits per heavy atom. The summed E-state index contributed by atoms with van der Waals surface area (Å²) in [7, 11) is -7.51. The highest BCUT2D eigenvalue weighted by Crippen LogP contribution is 2.20. The summed E-state index contributed by atoms with van der Waals surface area (Å²) >= 11 is 0. The molecule has 0 aliphatic carbocycles. The topological polar surface area (TPSA) is 121 Å². The summed E-state index contributed by atoms with van der Waals surface area (Å²) in [5.41, 5.74) is 1.84. The summed E-state index contributed by atoms with van der Waals surface area (Å²) in [5.74, 6) is -0.510. The molecule has 0 fully saturated rings. The van der Waals surface area contributed by atoms with E-state index in [1.54, 1.807) is 12.1 Å². The highest BCUT2D eigenvalue weighted by Gasteiger charge is 2.16. The van der Waals surface area contributed by atoms with Crippen LogP contribution in [0.3, 0.4) is 0 Å². The largest absolute Gasteiger partial charge is 0.322 e. The van der Waals surface area contributed by atoms with Crippen LogP contribution in [0.5, 0.6) is 0 Å². The molecule has 0 unspecified atom stereocenters. The normalized spacial score (nSPS) is 11.5. The van der Waals surface area contributed by atoms with Crippen LogP contribution in [0.4, 0.5) is 11.4 Å². The minimum Gasteiger partial charge on any atom is -0.322 e. The molecule has 0 spiro atoms. The number of hydrogen-bond acceptors (Lipinski definition) is 5. The van der Waals surface area contributed by atoms with Gasteiger partial charge in [0.1, 0.15) is 0 Å². The van der Waals surface area contributed by atoms with E-state index >= 15 is 0 Å². The van der Waals surface area contributed by atoms with E-state index in [-0.39, 0.29) is 21.9 Å². The molecule has 3 N–H and O–H groups in total. The van der Waals surface area contributed by atoms with Gasteiger partial charge in [-0.15, -0.1) is 6.58 Å². The van der Waals surface area contributed by atoms with Gasteiger partial charge in [-0.05, 0) is 61.5 Å². The molecule has 0 aromatic heterocycles. The molecule has 33 heavy (non-hydrogen) atoms. The second-order valence-electron chi connectivity index (χ2n) is 7.12. The van der Waals surface area contributed by atoms with E-state index in [0.717, 1.165) is 5.56 Å². The SMILES string of the molecule is C=CCNS(=O)(=O)c1cccc(C(=O)Nc2ccc(NS(=O)(=O)c3ccc(C)cc3)cc2)c1. The highest BCUT2D eigenvalue weighted by molar-refractivity contribution is 7.92. The van der Waals surface area contributed by atoms with Gasteiger partial charge < -0.3 is 5.32 Å². The highest BCUT2D eigenvalue weighted by atomic mass is 32.2. The molecule has 0 aliphatic heterocycles. The van der Waals surface area contributed by atoms with Gasteiger partial charge >= 0.3 is 0 Å². The fourth-order valence-corrected chi connectivity index (χ4v) is 4.92. The zero-order chi connectivity index (χ0) is 24.1. The molecule has 0 bridgehead atoms. The standard InChI is InChI=1S/C23H23N3O5S2/c1-3-15-24-32(28,29)22-6-4-5-18(16-22)23(27)25-19-9-11-20(12-10-19)26-33(30,31)21-13-7-17(2)8-14-21/h3-14,16,24,26H,1,15H2,2H3,(H,25,27). The molecular formula is C23H23N3O5S2. The molecule has 0 heterocycles. The molecule has 3 rings (SSSR count). The quantitative estimate of drug-likeness (QED) is 0.401. The predicted octanol–water partition coefficient (Wildman–Crippen LogP) is 3.51. The lowest BCUT2D eigenvalue weighted by Gasteiger charge is -2.10. The van der Waals surface area contributed by atoms with Crippen LogP contribution < -0.4 is 14.8 Å². The van der Waals surface area contributed by atoms with Crippen LogP contribution in [0.2, 0.25) is 0 Å². The fourth-order valence-electron chi connectivity index (χ4n) is 2.81. The number of rotatable bonds is 9. The third-order valence-electron chi connectivity index (χ3n) is 4.55. The van der Waals surface area contributed by atoms with E-state index in [4.69, 9.17) is 0 Å². The average Bonchev–Trinajstić information content (AvgIpc) is 2.79. The van der Waals surface area contributed by atoms with Crippen molar-refractivity contribution in [1.29, 1.82) is 0 Å². The second-order valence-corrected chi connectivity index (χ2v) is 10.6. The Morgan fingerprint density at radius 2 is 1.48 bits per heavy atom. The maximum Gasteiger partial charge on any atom is 0.261 e. The Bertz CT molecular complexity index is 1370. The Morgan fingerprint density at radius 3 is 2.12 bits per heavy atom. The van der Waals surface area contributed by atoms with Crippen LogP contribution in [0.15, 0.2) is 95.2 Å². The van der Waals surface area contributed by atoms with Crippen LogP contribution in [0, 0.1) is 6.92 Å². The molecule has 0 saturated heterocycles. The van der Waals surface area contributed by atoms with Crippen molar-refractivity contribution >= 4 is 37.3 Å². The molecular weight excluding hydrogens is 462 g/mol. The number of hydrogen-bond donors (Lipinski definition) is 3. The average molecular weight is 486 g/mol. The second kappa shape index (κ2) is 9.99. The van der Waals surface area contributed by atoms with Crippen LogP contribution >= 0.6 is 0 Å². The van der Waals surface area contributed by atoms with E-state index < -0.39 is 26.0 Å². The van der Waals surface area contributed by atoms with Gasteiger partial charge in [0, 0.05) is 23.5 Å². The Labute approximate surface area is 193 Å². The zero-order valence-corrected chi connectivity index (χ0v) is 19.4. The Balaban J connectivity index is 1.70. The van der Waals surface area contributed by atoms with E-state index in [1.165, 1.54) is 66.7 Å². The van der Waals surface area contributed by atoms with Crippen LogP contribution in [-0.4, -0.2) is 29.3 Å². The number of benzene rings is 3. The van der Waals surface area contributed by atoms with Crippen LogP contribution in [-0.2, 0) is 20.0 Å². The number of aryl methyl sites for hydroxylation is 1. The summed E-state index contributed by atoms with van der Waals surface area (Å²) in [6.45, 7) is 5.40. The van der Waals surface area contributed by atoms with E-state index in [1.807, 2.05) is 6.92 Å². The van der Waals surface area contributed by atoms with Crippen molar-refractivity contribution in [2.75, 3.05) is 16.6 Å². The monoisotopic (exact) mass is 485 g/mol. The molecule has 0 radical (unpaired) electrons. The van der Waals surface area contributed by atoms with Crippen LogP contribution in [0.1, 0.15) is 15.9 Å². The Hall–Kier alpha value is -3.47. The first-order chi connectivity index (χ1) is 15.6. The molecule has 3 aromatic carbocycles. The molecule has 0 atom stereocenters. The van der Waals surface area contributed by atoms with Gasteiger partial charge in [-0.25, -0.2) is 21.6 Å². The molecule has 1 amide bonds. The first-order valence-electron chi connectivity index (χ1n) is 9.82. The molecule has 10 heteroatoms. The summed E-state index contributed by atoms with van der Waals surface area (Å²) in [4.78, 5) is 12.7. The van der Waals surface area contributed by atoms with Crippen molar-refractivity contribution in [3.8, 4) is 0 Å². The molecule has 172 valence electrons. The first kappa shape index (κ1) is 24.2. The van der Waals surface area contributed by atoms with Crippen LogP contribution in [0.25, 0.3) is 0 Å². The minimum absolute atomic E-state index is 0.0436.